The fourth-order valence-corrected chi connectivity index (χ4v) is 3.40. The van der Waals surface area contributed by atoms with E-state index in [0.717, 1.165) is 11.1 Å². The predicted octanol–water partition coefficient (Wildman–Crippen LogP) is 3.74. The van der Waals surface area contributed by atoms with Gasteiger partial charge in [0.15, 0.2) is 0 Å². The molecule has 4 nitrogen and oxygen atoms in total. The van der Waals surface area contributed by atoms with Gasteiger partial charge in [-0.2, -0.15) is 0 Å². The van der Waals surface area contributed by atoms with Gasteiger partial charge in [-0.15, -0.1) is 0 Å². The van der Waals surface area contributed by atoms with Crippen molar-refractivity contribution < 1.29 is 8.42 Å². The van der Waals surface area contributed by atoms with E-state index in [-0.39, 0.29) is 4.90 Å². The molecule has 1 aromatic carbocycles. The fraction of sp³-hybridized carbons (Fsp3) is 0. The Balaban J connectivity index is 2.37. The standard InChI is InChI=1S/C16H11ClN2O2S/c17-22(20,21)15-7-1-6-14(12-4-2-8-18-10-12)16(15)13-5-3-9-19-11-13/h1-11H. The zero-order valence-corrected chi connectivity index (χ0v) is 12.9. The van der Waals surface area contributed by atoms with Crippen LogP contribution in [0.15, 0.2) is 72.1 Å². The summed E-state index contributed by atoms with van der Waals surface area (Å²) in [6, 6.07) is 12.2. The Morgan fingerprint density at radius 1 is 0.818 bits per heavy atom. The van der Waals surface area contributed by atoms with Gasteiger partial charge in [0.05, 0.1) is 4.90 Å². The second kappa shape index (κ2) is 5.87. The summed E-state index contributed by atoms with van der Waals surface area (Å²) >= 11 is 0. The molecule has 6 heteroatoms. The summed E-state index contributed by atoms with van der Waals surface area (Å²) in [5.74, 6) is 0. The van der Waals surface area contributed by atoms with Gasteiger partial charge in [0.1, 0.15) is 0 Å². The Morgan fingerprint density at radius 2 is 1.45 bits per heavy atom. The normalized spacial score (nSPS) is 11.3. The van der Waals surface area contributed by atoms with Crippen molar-refractivity contribution in [2.24, 2.45) is 0 Å². The van der Waals surface area contributed by atoms with Crippen molar-refractivity contribution in [3.05, 3.63) is 67.3 Å². The Hall–Kier alpha value is -2.24. The van der Waals surface area contributed by atoms with Gasteiger partial charge in [0, 0.05) is 52.2 Å². The Labute approximate surface area is 132 Å². The molecule has 0 aliphatic heterocycles. The number of hydrogen-bond acceptors (Lipinski definition) is 4. The van der Waals surface area contributed by atoms with Crippen LogP contribution in [0.5, 0.6) is 0 Å². The van der Waals surface area contributed by atoms with E-state index in [1.165, 1.54) is 6.07 Å². The first kappa shape index (κ1) is 14.7. The van der Waals surface area contributed by atoms with Crippen molar-refractivity contribution >= 4 is 19.7 Å². The van der Waals surface area contributed by atoms with E-state index in [1.807, 2.05) is 12.1 Å². The van der Waals surface area contributed by atoms with Crippen LogP contribution >= 0.6 is 10.7 Å². The highest BCUT2D eigenvalue weighted by atomic mass is 35.7. The minimum atomic E-state index is -3.89. The van der Waals surface area contributed by atoms with Gasteiger partial charge < -0.3 is 0 Å². The van der Waals surface area contributed by atoms with Gasteiger partial charge in [0.25, 0.3) is 9.05 Å². The molecule has 0 radical (unpaired) electrons. The third kappa shape index (κ3) is 2.86. The molecule has 2 heterocycles. The zero-order chi connectivity index (χ0) is 15.6. The van der Waals surface area contributed by atoms with Crippen LogP contribution in [0.2, 0.25) is 0 Å². The minimum Gasteiger partial charge on any atom is -0.264 e. The lowest BCUT2D eigenvalue weighted by Crippen LogP contribution is -1.97. The zero-order valence-electron chi connectivity index (χ0n) is 11.3. The van der Waals surface area contributed by atoms with Gasteiger partial charge in [-0.25, -0.2) is 8.42 Å². The van der Waals surface area contributed by atoms with Crippen LogP contribution in [-0.4, -0.2) is 18.4 Å². The summed E-state index contributed by atoms with van der Waals surface area (Å²) in [5, 5.41) is 0. The highest BCUT2D eigenvalue weighted by Crippen LogP contribution is 2.37. The molecule has 0 N–H and O–H groups in total. The molecule has 0 saturated carbocycles. The van der Waals surface area contributed by atoms with Gasteiger partial charge in [0.2, 0.25) is 0 Å². The quantitative estimate of drug-likeness (QED) is 0.686. The van der Waals surface area contributed by atoms with Crippen molar-refractivity contribution in [2.45, 2.75) is 4.90 Å². The molecule has 110 valence electrons. The van der Waals surface area contributed by atoms with Crippen LogP contribution in [0.1, 0.15) is 0 Å². The van der Waals surface area contributed by atoms with E-state index in [0.29, 0.717) is 11.1 Å². The Bertz CT molecular complexity index is 898. The van der Waals surface area contributed by atoms with Crippen molar-refractivity contribution in [1.82, 2.24) is 9.97 Å². The second-order valence-corrected chi connectivity index (χ2v) is 7.13. The van der Waals surface area contributed by atoms with Crippen LogP contribution in [0.25, 0.3) is 22.3 Å². The molecule has 0 fully saturated rings. The summed E-state index contributed by atoms with van der Waals surface area (Å²) in [6.45, 7) is 0. The first-order valence-electron chi connectivity index (χ1n) is 6.46. The molecule has 0 aliphatic carbocycles. The topological polar surface area (TPSA) is 59.9 Å². The van der Waals surface area contributed by atoms with E-state index < -0.39 is 9.05 Å². The monoisotopic (exact) mass is 330 g/mol. The van der Waals surface area contributed by atoms with Crippen LogP contribution in [-0.2, 0) is 9.05 Å². The lowest BCUT2D eigenvalue weighted by atomic mass is 9.96. The summed E-state index contributed by atoms with van der Waals surface area (Å²) in [4.78, 5) is 8.21. The van der Waals surface area contributed by atoms with Crippen molar-refractivity contribution in [2.75, 3.05) is 0 Å². The summed E-state index contributed by atoms with van der Waals surface area (Å²) in [7, 11) is 1.72. The first-order valence-corrected chi connectivity index (χ1v) is 8.77. The average Bonchev–Trinajstić information content (AvgIpc) is 2.55. The highest BCUT2D eigenvalue weighted by molar-refractivity contribution is 8.13. The maximum Gasteiger partial charge on any atom is 0.261 e. The van der Waals surface area contributed by atoms with E-state index in [2.05, 4.69) is 9.97 Å². The molecule has 2 aromatic heterocycles. The molecule has 0 spiro atoms. The van der Waals surface area contributed by atoms with Crippen molar-refractivity contribution in [3.63, 3.8) is 0 Å². The minimum absolute atomic E-state index is 0.0588. The smallest absolute Gasteiger partial charge is 0.261 e. The molecule has 0 saturated heterocycles. The number of aromatic nitrogens is 2. The maximum atomic E-state index is 11.9. The number of benzene rings is 1. The van der Waals surface area contributed by atoms with E-state index >= 15 is 0 Å². The third-order valence-corrected chi connectivity index (χ3v) is 4.58. The summed E-state index contributed by atoms with van der Waals surface area (Å²) in [5.41, 5.74) is 2.76. The van der Waals surface area contributed by atoms with Gasteiger partial charge >= 0.3 is 0 Å². The number of rotatable bonds is 3. The van der Waals surface area contributed by atoms with Crippen LogP contribution in [0.3, 0.4) is 0 Å². The molecule has 0 unspecified atom stereocenters. The number of halogens is 1. The van der Waals surface area contributed by atoms with Crippen LogP contribution in [0.4, 0.5) is 0 Å². The Morgan fingerprint density at radius 3 is 2.00 bits per heavy atom. The van der Waals surface area contributed by atoms with Gasteiger partial charge in [-0.1, -0.05) is 24.3 Å². The molecule has 0 amide bonds. The second-order valence-electron chi connectivity index (χ2n) is 4.60. The molecule has 0 aliphatic rings. The van der Waals surface area contributed by atoms with E-state index in [9.17, 15) is 8.42 Å². The van der Waals surface area contributed by atoms with E-state index in [4.69, 9.17) is 10.7 Å². The van der Waals surface area contributed by atoms with Gasteiger partial charge in [-0.3, -0.25) is 9.97 Å². The molecule has 3 aromatic rings. The summed E-state index contributed by atoms with van der Waals surface area (Å²) in [6.07, 6.45) is 6.58. The molecule has 3 rings (SSSR count). The van der Waals surface area contributed by atoms with Crippen molar-refractivity contribution in [1.29, 1.82) is 0 Å². The van der Waals surface area contributed by atoms with Crippen LogP contribution < -0.4 is 0 Å². The summed E-state index contributed by atoms with van der Waals surface area (Å²) < 4.78 is 23.9. The molecule has 0 atom stereocenters. The predicted molar refractivity (Wildman–Crippen MR) is 85.9 cm³/mol. The third-order valence-electron chi connectivity index (χ3n) is 3.21. The van der Waals surface area contributed by atoms with E-state index in [1.54, 1.807) is 49.1 Å². The average molecular weight is 331 g/mol. The lowest BCUT2D eigenvalue weighted by molar-refractivity contribution is 0.610. The fourth-order valence-electron chi connectivity index (χ4n) is 2.31. The number of pyridine rings is 2. The van der Waals surface area contributed by atoms with Crippen molar-refractivity contribution in [3.8, 4) is 22.3 Å². The van der Waals surface area contributed by atoms with Gasteiger partial charge in [-0.05, 0) is 23.8 Å². The molecular formula is C16H11ClN2O2S. The Kier molecular flexibility index (Phi) is 3.92. The maximum absolute atomic E-state index is 11.9. The van der Waals surface area contributed by atoms with Crippen LogP contribution in [0, 0.1) is 0 Å². The molecule has 22 heavy (non-hydrogen) atoms. The number of hydrogen-bond donors (Lipinski definition) is 0. The number of nitrogens with zero attached hydrogens (tertiary/aromatic N) is 2. The first-order chi connectivity index (χ1) is 10.6. The molecule has 0 bridgehead atoms. The molecular weight excluding hydrogens is 320 g/mol. The lowest BCUT2D eigenvalue weighted by Gasteiger charge is -2.13. The highest BCUT2D eigenvalue weighted by Gasteiger charge is 2.20. The SMILES string of the molecule is O=S(=O)(Cl)c1cccc(-c2cccnc2)c1-c1cccnc1. The largest absolute Gasteiger partial charge is 0.264 e.